The maximum absolute atomic E-state index is 12.4. The van der Waals surface area contributed by atoms with E-state index in [2.05, 4.69) is 17.0 Å². The van der Waals surface area contributed by atoms with Crippen molar-refractivity contribution in [3.05, 3.63) is 29.8 Å². The number of benzene rings is 1. The summed E-state index contributed by atoms with van der Waals surface area (Å²) >= 11 is 0. The maximum Gasteiger partial charge on any atom is 0.240 e. The van der Waals surface area contributed by atoms with Crippen LogP contribution in [0, 0.1) is 5.41 Å². The molecule has 1 aromatic carbocycles. The third-order valence-electron chi connectivity index (χ3n) is 4.05. The number of ketones is 1. The van der Waals surface area contributed by atoms with Crippen molar-refractivity contribution < 1.29 is 13.2 Å². The quantitative estimate of drug-likeness (QED) is 0.809. The largest absolute Gasteiger partial charge is 0.317 e. The van der Waals surface area contributed by atoms with Crippen LogP contribution in [0.3, 0.4) is 0 Å². The molecule has 0 unspecified atom stereocenters. The van der Waals surface area contributed by atoms with Crippen LogP contribution in [-0.2, 0) is 10.0 Å². The first-order chi connectivity index (χ1) is 9.82. The summed E-state index contributed by atoms with van der Waals surface area (Å²) in [5.74, 6) is -0.141. The highest BCUT2D eigenvalue weighted by Gasteiger charge is 2.28. The van der Waals surface area contributed by atoms with Gasteiger partial charge in [-0.2, -0.15) is 0 Å². The summed E-state index contributed by atoms with van der Waals surface area (Å²) in [6.45, 7) is 5.77. The van der Waals surface area contributed by atoms with Crippen molar-refractivity contribution in [2.75, 3.05) is 19.6 Å². The van der Waals surface area contributed by atoms with Crippen LogP contribution in [0.1, 0.15) is 37.0 Å². The predicted molar refractivity (Wildman–Crippen MR) is 81.8 cm³/mol. The van der Waals surface area contributed by atoms with E-state index in [1.54, 1.807) is 12.1 Å². The fraction of sp³-hybridized carbons (Fsp3) is 0.533. The normalized spacial score (nSPS) is 18.4. The van der Waals surface area contributed by atoms with Crippen LogP contribution in [-0.4, -0.2) is 33.8 Å². The van der Waals surface area contributed by atoms with Gasteiger partial charge in [-0.3, -0.25) is 4.79 Å². The van der Waals surface area contributed by atoms with Gasteiger partial charge in [-0.25, -0.2) is 13.1 Å². The molecule has 0 bridgehead atoms. The molecule has 116 valence electrons. The number of hydrogen-bond donors (Lipinski definition) is 2. The highest BCUT2D eigenvalue weighted by molar-refractivity contribution is 7.89. The van der Waals surface area contributed by atoms with Crippen LogP contribution in [0.2, 0.25) is 0 Å². The molecule has 2 N–H and O–H groups in total. The monoisotopic (exact) mass is 310 g/mol. The average Bonchev–Trinajstić information content (AvgIpc) is 2.46. The molecule has 21 heavy (non-hydrogen) atoms. The summed E-state index contributed by atoms with van der Waals surface area (Å²) in [5, 5.41) is 3.27. The van der Waals surface area contributed by atoms with Crippen LogP contribution < -0.4 is 10.0 Å². The van der Waals surface area contributed by atoms with Crippen LogP contribution in [0.25, 0.3) is 0 Å². The lowest BCUT2D eigenvalue weighted by Crippen LogP contribution is -2.42. The Labute approximate surface area is 126 Å². The van der Waals surface area contributed by atoms with Gasteiger partial charge in [-0.15, -0.1) is 0 Å². The lowest BCUT2D eigenvalue weighted by molar-refractivity contribution is 0.101. The summed E-state index contributed by atoms with van der Waals surface area (Å²) in [5.41, 5.74) is 0.391. The van der Waals surface area contributed by atoms with Crippen molar-refractivity contribution in [2.45, 2.75) is 31.6 Å². The number of nitrogens with one attached hydrogen (secondary N) is 2. The molecule has 1 heterocycles. The Kier molecular flexibility index (Phi) is 4.81. The van der Waals surface area contributed by atoms with Crippen LogP contribution in [0.15, 0.2) is 29.2 Å². The van der Waals surface area contributed by atoms with Gasteiger partial charge in [-0.1, -0.05) is 19.1 Å². The van der Waals surface area contributed by atoms with Crippen LogP contribution >= 0.6 is 0 Å². The summed E-state index contributed by atoms with van der Waals surface area (Å²) < 4.78 is 27.4. The van der Waals surface area contributed by atoms with E-state index in [4.69, 9.17) is 0 Å². The van der Waals surface area contributed by atoms with Crippen molar-refractivity contribution in [1.29, 1.82) is 0 Å². The third-order valence-corrected chi connectivity index (χ3v) is 5.45. The van der Waals surface area contributed by atoms with Gasteiger partial charge in [0.2, 0.25) is 10.0 Å². The Bertz CT molecular complexity index is 620. The van der Waals surface area contributed by atoms with Gasteiger partial charge in [-0.05, 0) is 50.4 Å². The molecular formula is C15H22N2O3S. The van der Waals surface area contributed by atoms with E-state index in [0.29, 0.717) is 12.1 Å². The minimum atomic E-state index is -3.58. The van der Waals surface area contributed by atoms with Crippen molar-refractivity contribution in [3.8, 4) is 0 Å². The number of piperidine rings is 1. The molecule has 0 saturated carbocycles. The number of carbonyl (C=O) groups is 1. The molecule has 0 spiro atoms. The Morgan fingerprint density at radius 1 is 1.33 bits per heavy atom. The molecule has 5 nitrogen and oxygen atoms in total. The molecule has 2 rings (SSSR count). The van der Waals surface area contributed by atoms with Crippen molar-refractivity contribution >= 4 is 15.8 Å². The van der Waals surface area contributed by atoms with E-state index in [1.807, 2.05) is 0 Å². The standard InChI is InChI=1S/C15H22N2O3S/c1-12(18)13-4-3-5-14(10-13)21(19,20)17-11-15(2)6-8-16-9-7-15/h3-5,10,16-17H,6-9,11H2,1-2H3. The minimum absolute atomic E-state index is 0.0174. The van der Waals surface area contributed by atoms with Crippen molar-refractivity contribution in [1.82, 2.24) is 10.0 Å². The van der Waals surface area contributed by atoms with E-state index >= 15 is 0 Å². The highest BCUT2D eigenvalue weighted by atomic mass is 32.2. The lowest BCUT2D eigenvalue weighted by atomic mass is 9.81. The smallest absolute Gasteiger partial charge is 0.240 e. The Hall–Kier alpha value is -1.24. The second-order valence-electron chi connectivity index (χ2n) is 5.97. The topological polar surface area (TPSA) is 75.3 Å². The van der Waals surface area contributed by atoms with Gasteiger partial charge in [0, 0.05) is 12.1 Å². The number of carbonyl (C=O) groups excluding carboxylic acids is 1. The highest BCUT2D eigenvalue weighted by Crippen LogP contribution is 2.27. The van der Waals surface area contributed by atoms with Crippen molar-refractivity contribution in [3.63, 3.8) is 0 Å². The summed E-state index contributed by atoms with van der Waals surface area (Å²) in [7, 11) is -3.58. The molecule has 1 saturated heterocycles. The molecule has 6 heteroatoms. The summed E-state index contributed by atoms with van der Waals surface area (Å²) in [6, 6.07) is 6.15. The number of Topliss-reactive ketones (excluding diaryl/α,β-unsaturated/α-hetero) is 1. The maximum atomic E-state index is 12.4. The summed E-state index contributed by atoms with van der Waals surface area (Å²) in [6.07, 6.45) is 1.89. The SMILES string of the molecule is CC(=O)c1cccc(S(=O)(=O)NCC2(C)CCNCC2)c1. The van der Waals surface area contributed by atoms with Gasteiger partial charge >= 0.3 is 0 Å². The molecule has 1 aliphatic heterocycles. The first kappa shape index (κ1) is 16.1. The van der Waals surface area contributed by atoms with Crippen LogP contribution in [0.5, 0.6) is 0 Å². The molecular weight excluding hydrogens is 288 g/mol. The molecule has 1 fully saturated rings. The van der Waals surface area contributed by atoms with Gasteiger partial charge in [0.1, 0.15) is 0 Å². The molecule has 1 aliphatic rings. The fourth-order valence-electron chi connectivity index (χ4n) is 2.44. The molecule has 1 aromatic rings. The van der Waals surface area contributed by atoms with Crippen molar-refractivity contribution in [2.24, 2.45) is 5.41 Å². The van der Waals surface area contributed by atoms with Gasteiger partial charge in [0.25, 0.3) is 0 Å². The molecule has 0 aliphatic carbocycles. The van der Waals surface area contributed by atoms with E-state index in [9.17, 15) is 13.2 Å². The Balaban J connectivity index is 2.11. The lowest BCUT2D eigenvalue weighted by Gasteiger charge is -2.34. The van der Waals surface area contributed by atoms with E-state index in [1.165, 1.54) is 19.1 Å². The van der Waals surface area contributed by atoms with Gasteiger partial charge in [0.15, 0.2) is 5.78 Å². The minimum Gasteiger partial charge on any atom is -0.317 e. The second-order valence-corrected chi connectivity index (χ2v) is 7.74. The van der Waals surface area contributed by atoms with Crippen LogP contribution in [0.4, 0.5) is 0 Å². The number of rotatable bonds is 5. The zero-order chi connectivity index (χ0) is 15.5. The fourth-order valence-corrected chi connectivity index (χ4v) is 3.69. The molecule has 0 aromatic heterocycles. The van der Waals surface area contributed by atoms with E-state index < -0.39 is 10.0 Å². The first-order valence-electron chi connectivity index (χ1n) is 7.14. The Morgan fingerprint density at radius 3 is 2.62 bits per heavy atom. The van der Waals surface area contributed by atoms with Gasteiger partial charge < -0.3 is 5.32 Å². The van der Waals surface area contributed by atoms with E-state index in [0.717, 1.165) is 25.9 Å². The first-order valence-corrected chi connectivity index (χ1v) is 8.62. The molecule has 0 atom stereocenters. The Morgan fingerprint density at radius 2 is 2.00 bits per heavy atom. The molecule has 0 amide bonds. The van der Waals surface area contributed by atoms with E-state index in [-0.39, 0.29) is 16.1 Å². The number of hydrogen-bond acceptors (Lipinski definition) is 4. The zero-order valence-electron chi connectivity index (χ0n) is 12.5. The predicted octanol–water partition coefficient (Wildman–Crippen LogP) is 1.56. The number of sulfonamides is 1. The zero-order valence-corrected chi connectivity index (χ0v) is 13.3. The average molecular weight is 310 g/mol. The van der Waals surface area contributed by atoms with Gasteiger partial charge in [0.05, 0.1) is 4.90 Å². The second kappa shape index (κ2) is 6.25. The molecule has 0 radical (unpaired) electrons. The summed E-state index contributed by atoms with van der Waals surface area (Å²) in [4.78, 5) is 11.5. The third kappa shape index (κ3) is 4.12.